The molecular formula is C21H28O6. The second kappa shape index (κ2) is 6.95. The molecule has 0 spiro atoms. The second-order valence-corrected chi connectivity index (χ2v) is 8.17. The number of rotatable bonds is 5. The van der Waals surface area contributed by atoms with Crippen LogP contribution in [0.25, 0.3) is 6.08 Å². The van der Waals surface area contributed by atoms with Gasteiger partial charge in [0.25, 0.3) is 0 Å². The van der Waals surface area contributed by atoms with Gasteiger partial charge >= 0.3 is 0 Å². The van der Waals surface area contributed by atoms with Crippen LogP contribution in [0.15, 0.2) is 30.8 Å². The van der Waals surface area contributed by atoms with Crippen molar-refractivity contribution in [3.05, 3.63) is 42.0 Å². The molecule has 0 bridgehead atoms. The lowest BCUT2D eigenvalue weighted by Crippen LogP contribution is -2.56. The molecule has 0 unspecified atom stereocenters. The van der Waals surface area contributed by atoms with Gasteiger partial charge in [-0.15, -0.1) is 0 Å². The van der Waals surface area contributed by atoms with Crippen LogP contribution in [0.5, 0.6) is 0 Å². The van der Waals surface area contributed by atoms with Crippen molar-refractivity contribution in [2.24, 2.45) is 0 Å². The van der Waals surface area contributed by atoms with Crippen LogP contribution in [0.1, 0.15) is 38.8 Å². The first kappa shape index (κ1) is 19.1. The second-order valence-electron chi connectivity index (χ2n) is 8.17. The van der Waals surface area contributed by atoms with Crippen LogP contribution in [0, 0.1) is 0 Å². The molecule has 3 aliphatic rings. The zero-order valence-corrected chi connectivity index (χ0v) is 16.3. The Morgan fingerprint density at radius 3 is 2.48 bits per heavy atom. The third-order valence-corrected chi connectivity index (χ3v) is 4.99. The lowest BCUT2D eigenvalue weighted by Gasteiger charge is -2.37. The van der Waals surface area contributed by atoms with Crippen LogP contribution in [0.2, 0.25) is 0 Å². The van der Waals surface area contributed by atoms with E-state index in [-0.39, 0.29) is 24.4 Å². The predicted octanol–water partition coefficient (Wildman–Crippen LogP) is 3.24. The zero-order valence-electron chi connectivity index (χ0n) is 16.3. The number of ether oxygens (including phenoxy) is 6. The fourth-order valence-corrected chi connectivity index (χ4v) is 3.93. The standard InChI is InChI=1S/C21H28O6/c1-6-13-8-7-9-14(10-13)11-22-12-15-16-17(25-20(2,3)24-16)18-19(23-15)27-21(4,5)26-18/h6-10,15-19H,1,11-12H2,2-5H3/t15-,16+,17+,18-,19-/m1/s1. The maximum Gasteiger partial charge on any atom is 0.190 e. The minimum Gasteiger partial charge on any atom is -0.374 e. The Labute approximate surface area is 160 Å². The molecule has 3 aliphatic heterocycles. The molecule has 1 aromatic carbocycles. The number of hydrogen-bond acceptors (Lipinski definition) is 6. The van der Waals surface area contributed by atoms with Gasteiger partial charge in [0, 0.05) is 0 Å². The number of benzene rings is 1. The molecule has 5 atom stereocenters. The van der Waals surface area contributed by atoms with Crippen LogP contribution in [0.4, 0.5) is 0 Å². The predicted molar refractivity (Wildman–Crippen MR) is 98.7 cm³/mol. The Balaban J connectivity index is 1.43. The number of hydrogen-bond donors (Lipinski definition) is 0. The molecule has 0 aliphatic carbocycles. The van der Waals surface area contributed by atoms with E-state index >= 15 is 0 Å². The summed E-state index contributed by atoms with van der Waals surface area (Å²) < 4.78 is 36.2. The van der Waals surface area contributed by atoms with Crippen molar-refractivity contribution >= 4 is 6.08 Å². The van der Waals surface area contributed by atoms with Crippen molar-refractivity contribution < 1.29 is 28.4 Å². The van der Waals surface area contributed by atoms with E-state index in [2.05, 4.69) is 12.6 Å². The Morgan fingerprint density at radius 1 is 1.00 bits per heavy atom. The highest BCUT2D eigenvalue weighted by molar-refractivity contribution is 5.47. The SMILES string of the molecule is C=Cc1cccc(COC[C@H]2O[C@@H]3OC(C)(C)O[C@@H]3[C@H]3OC(C)(C)O[C@H]32)c1. The molecule has 0 N–H and O–H groups in total. The summed E-state index contributed by atoms with van der Waals surface area (Å²) in [5.74, 6) is -1.41. The van der Waals surface area contributed by atoms with Gasteiger partial charge in [-0.05, 0) is 44.9 Å². The zero-order chi connectivity index (χ0) is 19.2. The molecule has 0 radical (unpaired) electrons. The van der Waals surface area contributed by atoms with Gasteiger partial charge in [0.15, 0.2) is 17.9 Å². The lowest BCUT2D eigenvalue weighted by molar-refractivity contribution is -0.243. The topological polar surface area (TPSA) is 55.4 Å². The molecule has 0 aromatic heterocycles. The van der Waals surface area contributed by atoms with Crippen LogP contribution in [0.3, 0.4) is 0 Å². The summed E-state index contributed by atoms with van der Waals surface area (Å²) in [5.41, 5.74) is 2.16. The summed E-state index contributed by atoms with van der Waals surface area (Å²) >= 11 is 0. The van der Waals surface area contributed by atoms with E-state index < -0.39 is 17.9 Å². The highest BCUT2D eigenvalue weighted by Crippen LogP contribution is 2.44. The van der Waals surface area contributed by atoms with Gasteiger partial charge in [-0.3, -0.25) is 0 Å². The van der Waals surface area contributed by atoms with Gasteiger partial charge in [0.1, 0.15) is 24.4 Å². The third-order valence-electron chi connectivity index (χ3n) is 4.99. The smallest absolute Gasteiger partial charge is 0.190 e. The lowest BCUT2D eigenvalue weighted by atomic mass is 9.99. The highest BCUT2D eigenvalue weighted by atomic mass is 16.9. The summed E-state index contributed by atoms with van der Waals surface area (Å²) in [7, 11) is 0. The van der Waals surface area contributed by atoms with Crippen LogP contribution in [-0.4, -0.2) is 48.9 Å². The highest BCUT2D eigenvalue weighted by Gasteiger charge is 2.60. The quantitative estimate of drug-likeness (QED) is 0.786. The summed E-state index contributed by atoms with van der Waals surface area (Å²) in [6.45, 7) is 12.2. The first-order valence-corrected chi connectivity index (χ1v) is 9.42. The van der Waals surface area contributed by atoms with Gasteiger partial charge in [0.05, 0.1) is 13.2 Å². The molecule has 4 rings (SSSR count). The van der Waals surface area contributed by atoms with E-state index in [0.717, 1.165) is 11.1 Å². The summed E-state index contributed by atoms with van der Waals surface area (Å²) in [6.07, 6.45) is 0.210. The first-order chi connectivity index (χ1) is 12.8. The molecule has 27 heavy (non-hydrogen) atoms. The molecule has 3 heterocycles. The average molecular weight is 376 g/mol. The average Bonchev–Trinajstić information content (AvgIpc) is 3.09. The van der Waals surface area contributed by atoms with E-state index in [1.807, 2.05) is 52.0 Å². The van der Waals surface area contributed by atoms with Crippen molar-refractivity contribution in [3.63, 3.8) is 0 Å². The Morgan fingerprint density at radius 2 is 1.70 bits per heavy atom. The van der Waals surface area contributed by atoms with E-state index in [9.17, 15) is 0 Å². The number of fused-ring (bicyclic) bond motifs is 3. The van der Waals surface area contributed by atoms with Crippen molar-refractivity contribution in [1.82, 2.24) is 0 Å². The Bertz CT molecular complexity index is 700. The maximum absolute atomic E-state index is 6.14. The van der Waals surface area contributed by atoms with Crippen LogP contribution in [-0.2, 0) is 35.0 Å². The summed E-state index contributed by atoms with van der Waals surface area (Å²) in [5, 5.41) is 0. The van der Waals surface area contributed by atoms with Crippen molar-refractivity contribution in [1.29, 1.82) is 0 Å². The molecule has 0 saturated carbocycles. The Hall–Kier alpha value is -1.28. The molecule has 6 nitrogen and oxygen atoms in total. The van der Waals surface area contributed by atoms with Gasteiger partial charge in [-0.2, -0.15) is 0 Å². The van der Waals surface area contributed by atoms with Gasteiger partial charge < -0.3 is 28.4 Å². The van der Waals surface area contributed by atoms with Gasteiger partial charge in [-0.25, -0.2) is 0 Å². The Kier molecular flexibility index (Phi) is 4.91. The van der Waals surface area contributed by atoms with Gasteiger partial charge in [0.2, 0.25) is 0 Å². The van der Waals surface area contributed by atoms with E-state index in [4.69, 9.17) is 28.4 Å². The fraction of sp³-hybridized carbons (Fsp3) is 0.619. The van der Waals surface area contributed by atoms with Crippen molar-refractivity contribution in [2.45, 2.75) is 76.6 Å². The van der Waals surface area contributed by atoms with Crippen LogP contribution < -0.4 is 0 Å². The van der Waals surface area contributed by atoms with Crippen molar-refractivity contribution in [2.75, 3.05) is 6.61 Å². The monoisotopic (exact) mass is 376 g/mol. The molecule has 148 valence electrons. The third kappa shape index (κ3) is 3.97. The first-order valence-electron chi connectivity index (χ1n) is 9.42. The van der Waals surface area contributed by atoms with E-state index in [0.29, 0.717) is 13.2 Å². The van der Waals surface area contributed by atoms with E-state index in [1.165, 1.54) is 0 Å². The van der Waals surface area contributed by atoms with Crippen LogP contribution >= 0.6 is 0 Å². The maximum atomic E-state index is 6.14. The fourth-order valence-electron chi connectivity index (χ4n) is 3.93. The summed E-state index contributed by atoms with van der Waals surface area (Å²) in [6, 6.07) is 8.09. The molecule has 0 amide bonds. The molecule has 6 heteroatoms. The molecule has 3 saturated heterocycles. The normalized spacial score (nSPS) is 36.2. The van der Waals surface area contributed by atoms with E-state index in [1.54, 1.807) is 0 Å². The minimum absolute atomic E-state index is 0.252. The minimum atomic E-state index is -0.711. The van der Waals surface area contributed by atoms with Gasteiger partial charge in [-0.1, -0.05) is 30.9 Å². The largest absolute Gasteiger partial charge is 0.374 e. The molecule has 3 fully saturated rings. The summed E-state index contributed by atoms with van der Waals surface area (Å²) in [4.78, 5) is 0. The molecular weight excluding hydrogens is 348 g/mol. The van der Waals surface area contributed by atoms with Crippen molar-refractivity contribution in [3.8, 4) is 0 Å². The molecule has 1 aromatic rings.